The van der Waals surface area contributed by atoms with Crippen LogP contribution in [0.2, 0.25) is 5.15 Å². The van der Waals surface area contributed by atoms with E-state index < -0.39 is 0 Å². The molecule has 19 heavy (non-hydrogen) atoms. The van der Waals surface area contributed by atoms with Crippen LogP contribution in [0.15, 0.2) is 12.3 Å². The number of amides is 1. The molecule has 0 saturated carbocycles. The van der Waals surface area contributed by atoms with E-state index in [1.54, 1.807) is 4.90 Å². The molecular weight excluding hydrogens is 270 g/mol. The van der Waals surface area contributed by atoms with Crippen molar-refractivity contribution in [2.75, 3.05) is 25.4 Å². The van der Waals surface area contributed by atoms with Crippen molar-refractivity contribution in [1.82, 2.24) is 9.88 Å². The van der Waals surface area contributed by atoms with Crippen LogP contribution in [0, 0.1) is 0 Å². The van der Waals surface area contributed by atoms with Gasteiger partial charge in [0, 0.05) is 13.1 Å². The predicted molar refractivity (Wildman–Crippen MR) is 71.0 cm³/mol. The van der Waals surface area contributed by atoms with Crippen LogP contribution in [0.4, 0.5) is 5.69 Å². The van der Waals surface area contributed by atoms with E-state index in [0.29, 0.717) is 18.8 Å². The smallest absolute Gasteiger partial charge is 0.257 e. The number of nitrogen functional groups attached to an aromatic ring is 1. The number of aromatic nitrogens is 1. The molecule has 7 heteroatoms. The molecule has 0 radical (unpaired) electrons. The van der Waals surface area contributed by atoms with Gasteiger partial charge in [-0.25, -0.2) is 4.98 Å². The van der Waals surface area contributed by atoms with Crippen LogP contribution >= 0.6 is 11.6 Å². The molecule has 1 fully saturated rings. The Kier molecular flexibility index (Phi) is 4.24. The molecule has 0 aliphatic carbocycles. The average Bonchev–Trinajstić information content (AvgIpc) is 2.40. The third-order valence-electron chi connectivity index (χ3n) is 2.91. The number of hydrogen-bond acceptors (Lipinski definition) is 5. The maximum Gasteiger partial charge on any atom is 0.257 e. The fraction of sp³-hybridized carbons (Fsp3) is 0.500. The maximum absolute atomic E-state index is 12.4. The molecule has 3 N–H and O–H groups in total. The quantitative estimate of drug-likeness (QED) is 0.774. The van der Waals surface area contributed by atoms with Crippen LogP contribution < -0.4 is 5.73 Å². The first-order valence-electron chi connectivity index (χ1n) is 5.98. The average molecular weight is 286 g/mol. The van der Waals surface area contributed by atoms with Crippen molar-refractivity contribution in [3.8, 4) is 0 Å². The lowest BCUT2D eigenvalue weighted by Gasteiger charge is -2.36. The zero-order chi connectivity index (χ0) is 14.0. The van der Waals surface area contributed by atoms with E-state index in [-0.39, 0.29) is 35.4 Å². The molecule has 1 amide bonds. The van der Waals surface area contributed by atoms with E-state index in [2.05, 4.69) is 4.98 Å². The standard InChI is InChI=1S/C12H16ClN3O3/c1-7-4-16(5-9(6-17)19-7)12(18)10-2-8(14)3-15-11(10)13/h2-3,7,9,17H,4-6,14H2,1H3. The first-order chi connectivity index (χ1) is 9.01. The summed E-state index contributed by atoms with van der Waals surface area (Å²) in [7, 11) is 0. The van der Waals surface area contributed by atoms with Gasteiger partial charge in [-0.05, 0) is 13.0 Å². The fourth-order valence-electron chi connectivity index (χ4n) is 2.10. The van der Waals surface area contributed by atoms with Gasteiger partial charge in [-0.3, -0.25) is 4.79 Å². The minimum Gasteiger partial charge on any atom is -0.397 e. The number of morpholine rings is 1. The van der Waals surface area contributed by atoms with Gasteiger partial charge in [0.2, 0.25) is 0 Å². The predicted octanol–water partition coefficient (Wildman–Crippen LogP) is 0.539. The summed E-state index contributed by atoms with van der Waals surface area (Å²) in [6, 6.07) is 1.51. The minimum absolute atomic E-state index is 0.124. The Morgan fingerprint density at radius 2 is 2.42 bits per heavy atom. The van der Waals surface area contributed by atoms with Crippen molar-refractivity contribution < 1.29 is 14.6 Å². The molecule has 6 nitrogen and oxygen atoms in total. The second-order valence-electron chi connectivity index (χ2n) is 4.57. The Labute approximate surface area is 116 Å². The number of nitrogens with zero attached hydrogens (tertiary/aromatic N) is 2. The Bertz CT molecular complexity index is 483. The van der Waals surface area contributed by atoms with Gasteiger partial charge in [0.1, 0.15) is 5.15 Å². The van der Waals surface area contributed by atoms with Crippen molar-refractivity contribution in [3.63, 3.8) is 0 Å². The zero-order valence-electron chi connectivity index (χ0n) is 10.5. The van der Waals surface area contributed by atoms with Crippen molar-refractivity contribution in [2.45, 2.75) is 19.1 Å². The SMILES string of the molecule is CC1CN(C(=O)c2cc(N)cnc2Cl)CC(CO)O1. The summed E-state index contributed by atoms with van der Waals surface area (Å²) >= 11 is 5.92. The molecule has 2 heterocycles. The van der Waals surface area contributed by atoms with E-state index in [1.165, 1.54) is 12.3 Å². The molecule has 2 unspecified atom stereocenters. The Morgan fingerprint density at radius 3 is 3.11 bits per heavy atom. The zero-order valence-corrected chi connectivity index (χ0v) is 11.3. The van der Waals surface area contributed by atoms with Crippen molar-refractivity contribution >= 4 is 23.2 Å². The van der Waals surface area contributed by atoms with Crippen LogP contribution in [0.25, 0.3) is 0 Å². The molecule has 2 atom stereocenters. The molecule has 0 spiro atoms. The first-order valence-corrected chi connectivity index (χ1v) is 6.35. The summed E-state index contributed by atoms with van der Waals surface area (Å²) < 4.78 is 5.49. The van der Waals surface area contributed by atoms with Crippen LogP contribution in [-0.4, -0.2) is 52.8 Å². The van der Waals surface area contributed by atoms with E-state index >= 15 is 0 Å². The molecule has 0 aromatic carbocycles. The van der Waals surface area contributed by atoms with Crippen molar-refractivity contribution in [3.05, 3.63) is 23.0 Å². The number of carbonyl (C=O) groups excluding carboxylic acids is 1. The van der Waals surface area contributed by atoms with Gasteiger partial charge in [0.05, 0.1) is 36.3 Å². The van der Waals surface area contributed by atoms with Gasteiger partial charge >= 0.3 is 0 Å². The fourth-order valence-corrected chi connectivity index (χ4v) is 2.28. The number of halogens is 1. The molecule has 1 aromatic rings. The molecular formula is C12H16ClN3O3. The number of aliphatic hydroxyl groups is 1. The van der Waals surface area contributed by atoms with Crippen LogP contribution in [0.3, 0.4) is 0 Å². The van der Waals surface area contributed by atoms with E-state index in [1.807, 2.05) is 6.92 Å². The molecule has 0 bridgehead atoms. The van der Waals surface area contributed by atoms with Crippen LogP contribution in [-0.2, 0) is 4.74 Å². The number of nitrogens with two attached hydrogens (primary N) is 1. The van der Waals surface area contributed by atoms with Gasteiger partial charge in [-0.2, -0.15) is 0 Å². The Morgan fingerprint density at radius 1 is 1.68 bits per heavy atom. The van der Waals surface area contributed by atoms with Gasteiger partial charge < -0.3 is 20.5 Å². The highest BCUT2D eigenvalue weighted by atomic mass is 35.5. The third kappa shape index (κ3) is 3.15. The second kappa shape index (κ2) is 5.73. The van der Waals surface area contributed by atoms with E-state index in [0.717, 1.165) is 0 Å². The topological polar surface area (TPSA) is 88.7 Å². The number of aliphatic hydroxyl groups excluding tert-OH is 1. The molecule has 1 saturated heterocycles. The van der Waals surface area contributed by atoms with Gasteiger partial charge in [-0.15, -0.1) is 0 Å². The Hall–Kier alpha value is -1.37. The summed E-state index contributed by atoms with van der Waals surface area (Å²) in [6.07, 6.45) is 0.889. The van der Waals surface area contributed by atoms with Crippen molar-refractivity contribution in [2.24, 2.45) is 0 Å². The van der Waals surface area contributed by atoms with Gasteiger partial charge in [0.15, 0.2) is 0 Å². The highest BCUT2D eigenvalue weighted by Crippen LogP contribution is 2.20. The number of hydrogen-bond donors (Lipinski definition) is 2. The van der Waals surface area contributed by atoms with Gasteiger partial charge in [-0.1, -0.05) is 11.6 Å². The van der Waals surface area contributed by atoms with E-state index in [4.69, 9.17) is 27.2 Å². The number of carbonyl (C=O) groups is 1. The molecule has 1 aromatic heterocycles. The lowest BCUT2D eigenvalue weighted by atomic mass is 10.1. The normalized spacial score (nSPS) is 23.4. The monoisotopic (exact) mass is 285 g/mol. The lowest BCUT2D eigenvalue weighted by molar-refractivity contribution is -0.0858. The summed E-state index contributed by atoms with van der Waals surface area (Å²) in [5.41, 5.74) is 6.27. The summed E-state index contributed by atoms with van der Waals surface area (Å²) in [5, 5.41) is 9.28. The van der Waals surface area contributed by atoms with Gasteiger partial charge in [0.25, 0.3) is 5.91 Å². The van der Waals surface area contributed by atoms with Crippen LogP contribution in [0.1, 0.15) is 17.3 Å². The molecule has 1 aliphatic rings. The molecule has 1 aliphatic heterocycles. The van der Waals surface area contributed by atoms with Crippen molar-refractivity contribution in [1.29, 1.82) is 0 Å². The lowest BCUT2D eigenvalue weighted by Crippen LogP contribution is -2.50. The van der Waals surface area contributed by atoms with Crippen LogP contribution in [0.5, 0.6) is 0 Å². The summed E-state index contributed by atoms with van der Waals surface area (Å²) in [5.74, 6) is -0.251. The highest BCUT2D eigenvalue weighted by Gasteiger charge is 2.29. The highest BCUT2D eigenvalue weighted by molar-refractivity contribution is 6.32. The second-order valence-corrected chi connectivity index (χ2v) is 4.93. The van der Waals surface area contributed by atoms with E-state index in [9.17, 15) is 4.79 Å². The molecule has 104 valence electrons. The number of ether oxygens (including phenoxy) is 1. The summed E-state index contributed by atoms with van der Waals surface area (Å²) in [4.78, 5) is 17.8. The maximum atomic E-state index is 12.4. The number of rotatable bonds is 2. The third-order valence-corrected chi connectivity index (χ3v) is 3.21. The number of pyridine rings is 1. The first kappa shape index (κ1) is 14.0. The minimum atomic E-state index is -0.375. The molecule has 2 rings (SSSR count). The largest absolute Gasteiger partial charge is 0.397 e. The number of anilines is 1. The summed E-state index contributed by atoms with van der Waals surface area (Å²) in [6.45, 7) is 2.49. The Balaban J connectivity index is 2.21.